The summed E-state index contributed by atoms with van der Waals surface area (Å²) in [6, 6.07) is 8.07. The van der Waals surface area contributed by atoms with Crippen molar-refractivity contribution in [3.8, 4) is 5.75 Å². The molecule has 6 heteroatoms. The molecule has 0 spiro atoms. The van der Waals surface area contributed by atoms with Crippen LogP contribution in [0.1, 0.15) is 5.56 Å². The lowest BCUT2D eigenvalue weighted by molar-refractivity contribution is -0.132. The highest BCUT2D eigenvalue weighted by Gasteiger charge is 2.51. The molecule has 3 aliphatic heterocycles. The lowest BCUT2D eigenvalue weighted by Gasteiger charge is -2.27. The molecule has 1 aromatic rings. The number of carbonyl (C=O) groups excluding carboxylic acids is 1. The minimum Gasteiger partial charge on any atom is -0.492 e. The van der Waals surface area contributed by atoms with Crippen molar-refractivity contribution in [1.82, 2.24) is 9.80 Å². The molecule has 136 valence electrons. The molecule has 0 saturated carbocycles. The van der Waals surface area contributed by atoms with E-state index in [4.69, 9.17) is 14.2 Å². The zero-order valence-corrected chi connectivity index (χ0v) is 14.8. The molecule has 3 aliphatic rings. The predicted octanol–water partition coefficient (Wildman–Crippen LogP) is 1.00. The summed E-state index contributed by atoms with van der Waals surface area (Å²) < 4.78 is 16.9. The number of hydrogen-bond acceptors (Lipinski definition) is 5. The fourth-order valence-corrected chi connectivity index (χ4v) is 4.32. The summed E-state index contributed by atoms with van der Waals surface area (Å²) in [6.45, 7) is 6.19. The summed E-state index contributed by atoms with van der Waals surface area (Å²) in [7, 11) is 1.73. The van der Waals surface area contributed by atoms with Crippen molar-refractivity contribution in [2.24, 2.45) is 11.3 Å². The van der Waals surface area contributed by atoms with E-state index in [1.807, 2.05) is 23.1 Å². The molecule has 3 heterocycles. The number of amides is 1. The largest absolute Gasteiger partial charge is 0.492 e. The van der Waals surface area contributed by atoms with Crippen molar-refractivity contribution in [1.29, 1.82) is 0 Å². The second-order valence-corrected chi connectivity index (χ2v) is 7.45. The van der Waals surface area contributed by atoms with Gasteiger partial charge >= 0.3 is 0 Å². The molecule has 2 saturated heterocycles. The van der Waals surface area contributed by atoms with E-state index >= 15 is 0 Å². The smallest absolute Gasteiger partial charge is 0.236 e. The zero-order valence-electron chi connectivity index (χ0n) is 14.8. The van der Waals surface area contributed by atoms with Gasteiger partial charge in [0.1, 0.15) is 12.4 Å². The fraction of sp³-hybridized carbons (Fsp3) is 0.632. The topological polar surface area (TPSA) is 51.2 Å². The van der Waals surface area contributed by atoms with E-state index in [0.717, 1.165) is 44.1 Å². The number of methoxy groups -OCH3 is 1. The zero-order chi connectivity index (χ0) is 17.3. The average Bonchev–Trinajstić information content (AvgIpc) is 3.06. The first kappa shape index (κ1) is 16.8. The number of carbonyl (C=O) groups is 1. The van der Waals surface area contributed by atoms with Gasteiger partial charge in [-0.2, -0.15) is 0 Å². The Kier molecular flexibility index (Phi) is 4.67. The Labute approximate surface area is 148 Å². The Balaban J connectivity index is 1.40. The average molecular weight is 346 g/mol. The number of rotatable bonds is 4. The number of ether oxygens (including phenoxy) is 3. The first-order chi connectivity index (χ1) is 12.2. The minimum absolute atomic E-state index is 0.0150. The van der Waals surface area contributed by atoms with Gasteiger partial charge in [0, 0.05) is 50.2 Å². The van der Waals surface area contributed by atoms with Crippen LogP contribution in [0.4, 0.5) is 0 Å². The van der Waals surface area contributed by atoms with Gasteiger partial charge in [0.25, 0.3) is 0 Å². The van der Waals surface area contributed by atoms with Crippen molar-refractivity contribution >= 4 is 5.91 Å². The Bertz CT molecular complexity index is 638. The molecular weight excluding hydrogens is 320 g/mol. The number of para-hydroxylation sites is 1. The number of likely N-dealkylation sites (tertiary alicyclic amines) is 1. The highest BCUT2D eigenvalue weighted by molar-refractivity contribution is 5.78. The third kappa shape index (κ3) is 3.26. The molecule has 4 rings (SSSR count). The fourth-order valence-electron chi connectivity index (χ4n) is 4.32. The maximum atomic E-state index is 12.9. The van der Waals surface area contributed by atoms with Crippen LogP contribution in [0.3, 0.4) is 0 Å². The van der Waals surface area contributed by atoms with Gasteiger partial charge in [-0.15, -0.1) is 0 Å². The van der Waals surface area contributed by atoms with E-state index in [0.29, 0.717) is 32.3 Å². The molecule has 1 amide bonds. The van der Waals surface area contributed by atoms with Gasteiger partial charge in [-0.25, -0.2) is 0 Å². The lowest BCUT2D eigenvalue weighted by Crippen LogP contribution is -2.42. The summed E-state index contributed by atoms with van der Waals surface area (Å²) in [5, 5.41) is 0. The molecule has 0 unspecified atom stereocenters. The van der Waals surface area contributed by atoms with Crippen LogP contribution < -0.4 is 4.74 Å². The van der Waals surface area contributed by atoms with Crippen molar-refractivity contribution in [2.75, 3.05) is 59.7 Å². The van der Waals surface area contributed by atoms with E-state index in [9.17, 15) is 4.79 Å². The van der Waals surface area contributed by atoms with Gasteiger partial charge < -0.3 is 19.1 Å². The number of fused-ring (bicyclic) bond motifs is 2. The van der Waals surface area contributed by atoms with Gasteiger partial charge in [0.05, 0.1) is 26.4 Å². The Hall–Kier alpha value is -1.63. The third-order valence-electron chi connectivity index (χ3n) is 5.70. The van der Waals surface area contributed by atoms with Gasteiger partial charge in [0.15, 0.2) is 0 Å². The third-order valence-corrected chi connectivity index (χ3v) is 5.70. The van der Waals surface area contributed by atoms with Crippen LogP contribution >= 0.6 is 0 Å². The van der Waals surface area contributed by atoms with Crippen LogP contribution in [0.25, 0.3) is 0 Å². The molecule has 0 N–H and O–H groups in total. The van der Waals surface area contributed by atoms with Crippen LogP contribution in [-0.2, 0) is 20.8 Å². The van der Waals surface area contributed by atoms with Crippen molar-refractivity contribution in [3.63, 3.8) is 0 Å². The first-order valence-corrected chi connectivity index (χ1v) is 8.98. The summed E-state index contributed by atoms with van der Waals surface area (Å²) in [5.41, 5.74) is 1.13. The van der Waals surface area contributed by atoms with E-state index in [-0.39, 0.29) is 11.3 Å². The first-order valence-electron chi connectivity index (χ1n) is 8.98. The molecular formula is C19H26N2O4. The van der Waals surface area contributed by atoms with Crippen molar-refractivity contribution in [3.05, 3.63) is 29.8 Å². The van der Waals surface area contributed by atoms with E-state index in [1.54, 1.807) is 7.11 Å². The van der Waals surface area contributed by atoms with Crippen LogP contribution in [0.5, 0.6) is 5.75 Å². The van der Waals surface area contributed by atoms with Gasteiger partial charge in [0.2, 0.25) is 5.91 Å². The molecule has 6 nitrogen and oxygen atoms in total. The number of hydrogen-bond donors (Lipinski definition) is 0. The van der Waals surface area contributed by atoms with Crippen LogP contribution in [-0.4, -0.2) is 75.4 Å². The summed E-state index contributed by atoms with van der Waals surface area (Å²) >= 11 is 0. The van der Waals surface area contributed by atoms with E-state index < -0.39 is 0 Å². The molecule has 1 aromatic carbocycles. The van der Waals surface area contributed by atoms with Gasteiger partial charge in [-0.05, 0) is 6.07 Å². The monoisotopic (exact) mass is 346 g/mol. The van der Waals surface area contributed by atoms with Crippen LogP contribution in [0.15, 0.2) is 24.3 Å². The SMILES string of the molecule is COC[C@@]12COC[C@@H]1CN(C(=O)CN1CCOc3ccccc3C1)C2. The summed E-state index contributed by atoms with van der Waals surface area (Å²) in [6.07, 6.45) is 0. The maximum Gasteiger partial charge on any atom is 0.236 e. The maximum absolute atomic E-state index is 12.9. The summed E-state index contributed by atoms with van der Waals surface area (Å²) in [5.74, 6) is 1.53. The second-order valence-electron chi connectivity index (χ2n) is 7.45. The van der Waals surface area contributed by atoms with Gasteiger partial charge in [-0.1, -0.05) is 18.2 Å². The predicted molar refractivity (Wildman–Crippen MR) is 92.4 cm³/mol. The second kappa shape index (κ2) is 6.94. The lowest BCUT2D eigenvalue weighted by atomic mass is 9.82. The number of benzene rings is 1. The van der Waals surface area contributed by atoms with Crippen molar-refractivity contribution < 1.29 is 19.0 Å². The Morgan fingerprint density at radius 1 is 1.40 bits per heavy atom. The highest BCUT2D eigenvalue weighted by Crippen LogP contribution is 2.41. The Morgan fingerprint density at radius 2 is 2.28 bits per heavy atom. The van der Waals surface area contributed by atoms with E-state index in [2.05, 4.69) is 11.0 Å². The van der Waals surface area contributed by atoms with Crippen molar-refractivity contribution in [2.45, 2.75) is 6.54 Å². The quantitative estimate of drug-likeness (QED) is 0.814. The molecule has 0 aromatic heterocycles. The molecule has 0 radical (unpaired) electrons. The molecule has 2 atom stereocenters. The molecule has 2 fully saturated rings. The highest BCUT2D eigenvalue weighted by atomic mass is 16.5. The summed E-state index contributed by atoms with van der Waals surface area (Å²) in [4.78, 5) is 17.1. The van der Waals surface area contributed by atoms with Crippen LogP contribution in [0.2, 0.25) is 0 Å². The van der Waals surface area contributed by atoms with Gasteiger partial charge in [-0.3, -0.25) is 9.69 Å². The standard InChI is InChI=1S/C19H26N2O4/c1-23-13-19-12-21(9-16(19)11-24-14-19)18(22)10-20-6-7-25-17-5-3-2-4-15(17)8-20/h2-5,16H,6-14H2,1H3/t16-,19-/m0/s1. The molecule has 25 heavy (non-hydrogen) atoms. The van der Waals surface area contributed by atoms with E-state index in [1.165, 1.54) is 0 Å². The van der Waals surface area contributed by atoms with Crippen LogP contribution in [0, 0.1) is 11.3 Å². The Morgan fingerprint density at radius 3 is 3.16 bits per heavy atom. The molecule has 0 aliphatic carbocycles. The normalized spacial score (nSPS) is 29.0. The minimum atomic E-state index is -0.0150. The number of nitrogens with zero attached hydrogens (tertiary/aromatic N) is 2. The molecule has 0 bridgehead atoms.